The number of esters is 2. The van der Waals surface area contributed by atoms with Crippen molar-refractivity contribution in [1.82, 2.24) is 9.88 Å². The van der Waals surface area contributed by atoms with Crippen molar-refractivity contribution in [3.8, 4) is 0 Å². The maximum Gasteiger partial charge on any atom is 0.356 e. The Morgan fingerprint density at radius 3 is 2.75 bits per heavy atom. The van der Waals surface area contributed by atoms with Crippen molar-refractivity contribution in [2.45, 2.75) is 19.9 Å². The van der Waals surface area contributed by atoms with E-state index in [0.717, 1.165) is 5.69 Å². The first kappa shape index (κ1) is 16.1. The second-order valence-electron chi connectivity index (χ2n) is 4.30. The van der Waals surface area contributed by atoms with E-state index in [-0.39, 0.29) is 11.7 Å². The van der Waals surface area contributed by atoms with Crippen LogP contribution >= 0.6 is 0 Å². The van der Waals surface area contributed by atoms with Gasteiger partial charge in [0.25, 0.3) is 0 Å². The first-order valence-corrected chi connectivity index (χ1v) is 6.45. The van der Waals surface area contributed by atoms with Crippen LogP contribution in [0.3, 0.4) is 0 Å². The number of rotatable bonds is 7. The third-order valence-electron chi connectivity index (χ3n) is 2.64. The number of pyridine rings is 1. The van der Waals surface area contributed by atoms with Gasteiger partial charge in [0, 0.05) is 13.1 Å². The lowest BCUT2D eigenvalue weighted by atomic mass is 10.3. The highest BCUT2D eigenvalue weighted by Gasteiger charge is 2.10. The number of carbonyl (C=O) groups is 2. The standard InChI is InChI=1S/C14H20N2O4/c1-4-20-13(17)8-9-16(2)10-11-6-5-7-12(15-11)14(18)19-3/h5-7H,4,8-10H2,1-3H3. The van der Waals surface area contributed by atoms with Crippen LogP contribution < -0.4 is 0 Å². The van der Waals surface area contributed by atoms with Gasteiger partial charge in [-0.15, -0.1) is 0 Å². The van der Waals surface area contributed by atoms with Gasteiger partial charge in [-0.1, -0.05) is 6.07 Å². The number of aromatic nitrogens is 1. The predicted octanol–water partition coefficient (Wildman–Crippen LogP) is 1.25. The highest BCUT2D eigenvalue weighted by molar-refractivity contribution is 5.87. The van der Waals surface area contributed by atoms with Crippen LogP contribution in [0.1, 0.15) is 29.5 Å². The molecule has 6 nitrogen and oxygen atoms in total. The molecule has 1 aromatic heterocycles. The molecule has 6 heteroatoms. The molecule has 0 fully saturated rings. The van der Waals surface area contributed by atoms with E-state index in [4.69, 9.17) is 4.74 Å². The monoisotopic (exact) mass is 280 g/mol. The number of hydrogen-bond donors (Lipinski definition) is 0. The average Bonchev–Trinajstić information content (AvgIpc) is 2.45. The fraction of sp³-hybridized carbons (Fsp3) is 0.500. The number of ether oxygens (including phenoxy) is 2. The Hall–Kier alpha value is -1.95. The molecule has 0 radical (unpaired) electrons. The largest absolute Gasteiger partial charge is 0.466 e. The van der Waals surface area contributed by atoms with Gasteiger partial charge >= 0.3 is 11.9 Å². The van der Waals surface area contributed by atoms with Crippen molar-refractivity contribution in [3.05, 3.63) is 29.6 Å². The summed E-state index contributed by atoms with van der Waals surface area (Å²) in [5.41, 5.74) is 1.03. The zero-order chi connectivity index (χ0) is 15.0. The Labute approximate surface area is 118 Å². The molecule has 0 aromatic carbocycles. The Balaban J connectivity index is 2.51. The third-order valence-corrected chi connectivity index (χ3v) is 2.64. The fourth-order valence-electron chi connectivity index (χ4n) is 1.66. The summed E-state index contributed by atoms with van der Waals surface area (Å²) in [6, 6.07) is 5.19. The van der Waals surface area contributed by atoms with E-state index in [0.29, 0.717) is 26.1 Å². The van der Waals surface area contributed by atoms with E-state index in [2.05, 4.69) is 9.72 Å². The molecule has 0 amide bonds. The molecular weight excluding hydrogens is 260 g/mol. The smallest absolute Gasteiger partial charge is 0.356 e. The van der Waals surface area contributed by atoms with Crippen molar-refractivity contribution in [1.29, 1.82) is 0 Å². The molecule has 0 atom stereocenters. The van der Waals surface area contributed by atoms with E-state index in [1.807, 2.05) is 18.0 Å². The maximum absolute atomic E-state index is 11.4. The molecule has 0 bridgehead atoms. The van der Waals surface area contributed by atoms with Gasteiger partial charge in [-0.2, -0.15) is 0 Å². The van der Waals surface area contributed by atoms with Gasteiger partial charge < -0.3 is 9.47 Å². The summed E-state index contributed by atoms with van der Waals surface area (Å²) >= 11 is 0. The van der Waals surface area contributed by atoms with Gasteiger partial charge in [0.15, 0.2) is 0 Å². The topological polar surface area (TPSA) is 68.7 Å². The van der Waals surface area contributed by atoms with Gasteiger partial charge in [0.1, 0.15) is 5.69 Å². The van der Waals surface area contributed by atoms with Crippen LogP contribution in [0.25, 0.3) is 0 Å². The Morgan fingerprint density at radius 1 is 1.35 bits per heavy atom. The van der Waals surface area contributed by atoms with Crippen LogP contribution in [0.4, 0.5) is 0 Å². The summed E-state index contributed by atoms with van der Waals surface area (Å²) in [6.45, 7) is 3.29. The van der Waals surface area contributed by atoms with Crippen LogP contribution in [-0.2, 0) is 20.8 Å². The average molecular weight is 280 g/mol. The Bertz CT molecular complexity index is 462. The van der Waals surface area contributed by atoms with Crippen LogP contribution in [0.2, 0.25) is 0 Å². The van der Waals surface area contributed by atoms with Crippen molar-refractivity contribution in [2.24, 2.45) is 0 Å². The second kappa shape index (κ2) is 8.27. The van der Waals surface area contributed by atoms with Crippen molar-refractivity contribution in [2.75, 3.05) is 27.3 Å². The molecule has 0 saturated heterocycles. The lowest BCUT2D eigenvalue weighted by Gasteiger charge is -2.15. The minimum Gasteiger partial charge on any atom is -0.466 e. The third kappa shape index (κ3) is 5.36. The maximum atomic E-state index is 11.4. The van der Waals surface area contributed by atoms with Crippen LogP contribution in [0, 0.1) is 0 Å². The quantitative estimate of drug-likeness (QED) is 0.700. The summed E-state index contributed by atoms with van der Waals surface area (Å²) in [4.78, 5) is 28.8. The number of nitrogens with zero attached hydrogens (tertiary/aromatic N) is 2. The minimum atomic E-state index is -0.457. The number of hydrogen-bond acceptors (Lipinski definition) is 6. The first-order valence-electron chi connectivity index (χ1n) is 6.45. The molecule has 20 heavy (non-hydrogen) atoms. The van der Waals surface area contributed by atoms with Crippen molar-refractivity contribution < 1.29 is 19.1 Å². The first-order chi connectivity index (χ1) is 9.56. The Morgan fingerprint density at radius 2 is 2.10 bits per heavy atom. The number of carbonyl (C=O) groups excluding carboxylic acids is 2. The molecule has 0 aliphatic rings. The molecule has 110 valence electrons. The second-order valence-corrected chi connectivity index (χ2v) is 4.30. The lowest BCUT2D eigenvalue weighted by molar-refractivity contribution is -0.143. The SMILES string of the molecule is CCOC(=O)CCN(C)Cc1cccc(C(=O)OC)n1. The van der Waals surface area contributed by atoms with E-state index in [1.54, 1.807) is 19.1 Å². The molecule has 0 aliphatic heterocycles. The van der Waals surface area contributed by atoms with E-state index >= 15 is 0 Å². The number of methoxy groups -OCH3 is 1. The molecule has 1 aromatic rings. The molecule has 1 heterocycles. The van der Waals surface area contributed by atoms with Crippen LogP contribution in [0.5, 0.6) is 0 Å². The fourth-order valence-corrected chi connectivity index (χ4v) is 1.66. The molecule has 0 spiro atoms. The van der Waals surface area contributed by atoms with Gasteiger partial charge in [-0.3, -0.25) is 9.69 Å². The lowest BCUT2D eigenvalue weighted by Crippen LogP contribution is -2.23. The Kier molecular flexibility index (Phi) is 6.66. The zero-order valence-corrected chi connectivity index (χ0v) is 12.1. The molecule has 0 saturated carbocycles. The molecule has 0 aliphatic carbocycles. The highest BCUT2D eigenvalue weighted by Crippen LogP contribution is 2.04. The molecule has 0 unspecified atom stereocenters. The van der Waals surface area contributed by atoms with Crippen molar-refractivity contribution >= 4 is 11.9 Å². The van der Waals surface area contributed by atoms with E-state index < -0.39 is 5.97 Å². The van der Waals surface area contributed by atoms with Gasteiger partial charge in [-0.05, 0) is 26.1 Å². The normalized spacial score (nSPS) is 10.4. The summed E-state index contributed by atoms with van der Waals surface area (Å²) in [5, 5.41) is 0. The zero-order valence-electron chi connectivity index (χ0n) is 12.1. The minimum absolute atomic E-state index is 0.212. The predicted molar refractivity (Wildman–Crippen MR) is 73.2 cm³/mol. The molecule has 1 rings (SSSR count). The van der Waals surface area contributed by atoms with Gasteiger partial charge in [-0.25, -0.2) is 9.78 Å². The van der Waals surface area contributed by atoms with Gasteiger partial charge in [0.2, 0.25) is 0 Å². The molecular formula is C14H20N2O4. The highest BCUT2D eigenvalue weighted by atomic mass is 16.5. The van der Waals surface area contributed by atoms with Crippen LogP contribution in [-0.4, -0.2) is 49.1 Å². The van der Waals surface area contributed by atoms with Crippen molar-refractivity contribution in [3.63, 3.8) is 0 Å². The summed E-state index contributed by atoms with van der Waals surface area (Å²) in [5.74, 6) is -0.670. The summed E-state index contributed by atoms with van der Waals surface area (Å²) in [6.07, 6.45) is 0.334. The summed E-state index contributed by atoms with van der Waals surface area (Å²) < 4.78 is 9.49. The van der Waals surface area contributed by atoms with E-state index in [1.165, 1.54) is 7.11 Å². The van der Waals surface area contributed by atoms with Gasteiger partial charge in [0.05, 0.1) is 25.8 Å². The summed E-state index contributed by atoms with van der Waals surface area (Å²) in [7, 11) is 3.20. The van der Waals surface area contributed by atoms with E-state index in [9.17, 15) is 9.59 Å². The molecule has 0 N–H and O–H groups in total. The van der Waals surface area contributed by atoms with Crippen LogP contribution in [0.15, 0.2) is 18.2 Å².